The Morgan fingerprint density at radius 3 is 2.55 bits per heavy atom. The largest absolute Gasteiger partial charge is 0.466 e. The van der Waals surface area contributed by atoms with Crippen molar-refractivity contribution in [2.45, 2.75) is 51.9 Å². The highest BCUT2D eigenvalue weighted by Crippen LogP contribution is 2.05. The highest BCUT2D eigenvalue weighted by Gasteiger charge is 2.26. The summed E-state index contributed by atoms with van der Waals surface area (Å²) in [5, 5.41) is 2.16. The molecule has 1 aliphatic heterocycles. The summed E-state index contributed by atoms with van der Waals surface area (Å²) in [7, 11) is 0. The standard InChI is InChI=1S/C14H24N2O4/c1-2-3-4-5-6-7-10-20-13(18)8-9-16-11-12(17)15-14(16)19/h2-11H2,1H3,(H,15,17,19). The minimum atomic E-state index is -0.432. The van der Waals surface area contributed by atoms with E-state index in [1.54, 1.807) is 0 Å². The number of carbonyl (C=O) groups excluding carboxylic acids is 3. The van der Waals surface area contributed by atoms with E-state index in [1.165, 1.54) is 30.6 Å². The Labute approximate surface area is 119 Å². The molecule has 0 atom stereocenters. The molecule has 1 aliphatic rings. The molecule has 1 saturated heterocycles. The van der Waals surface area contributed by atoms with Gasteiger partial charge >= 0.3 is 12.0 Å². The van der Waals surface area contributed by atoms with Crippen LogP contribution >= 0.6 is 0 Å². The molecule has 1 N–H and O–H groups in total. The van der Waals surface area contributed by atoms with Gasteiger partial charge in [0.25, 0.3) is 0 Å². The second-order valence-electron chi connectivity index (χ2n) is 5.01. The van der Waals surface area contributed by atoms with Crippen molar-refractivity contribution >= 4 is 17.9 Å². The van der Waals surface area contributed by atoms with Crippen molar-refractivity contribution in [3.05, 3.63) is 0 Å². The van der Waals surface area contributed by atoms with E-state index < -0.39 is 6.03 Å². The molecule has 0 aromatic rings. The van der Waals surface area contributed by atoms with Gasteiger partial charge in [-0.25, -0.2) is 4.79 Å². The first kappa shape index (κ1) is 16.5. The summed E-state index contributed by atoms with van der Waals surface area (Å²) in [6.07, 6.45) is 7.01. The zero-order valence-corrected chi connectivity index (χ0v) is 12.2. The molecular formula is C14H24N2O4. The fourth-order valence-electron chi connectivity index (χ4n) is 2.03. The lowest BCUT2D eigenvalue weighted by Crippen LogP contribution is -2.30. The van der Waals surface area contributed by atoms with Crippen LogP contribution < -0.4 is 5.32 Å². The van der Waals surface area contributed by atoms with E-state index in [0.29, 0.717) is 6.61 Å². The molecule has 0 bridgehead atoms. The summed E-state index contributed by atoms with van der Waals surface area (Å²) in [6, 6.07) is -0.432. The van der Waals surface area contributed by atoms with Crippen molar-refractivity contribution in [2.24, 2.45) is 0 Å². The number of nitrogens with one attached hydrogen (secondary N) is 1. The summed E-state index contributed by atoms with van der Waals surface area (Å²) >= 11 is 0. The van der Waals surface area contributed by atoms with E-state index in [1.807, 2.05) is 0 Å². The lowest BCUT2D eigenvalue weighted by molar-refractivity contribution is -0.144. The SMILES string of the molecule is CCCCCCCCOC(=O)CCN1CC(=O)NC1=O. The topological polar surface area (TPSA) is 75.7 Å². The fraction of sp³-hybridized carbons (Fsp3) is 0.786. The first-order valence-corrected chi connectivity index (χ1v) is 7.38. The number of imide groups is 1. The molecule has 6 nitrogen and oxygen atoms in total. The van der Waals surface area contributed by atoms with Gasteiger partial charge in [-0.3, -0.25) is 14.9 Å². The number of urea groups is 1. The van der Waals surface area contributed by atoms with Crippen LogP contribution in [0.15, 0.2) is 0 Å². The number of hydrogen-bond donors (Lipinski definition) is 1. The van der Waals surface area contributed by atoms with Crippen LogP contribution in [0.4, 0.5) is 4.79 Å². The maximum atomic E-state index is 11.5. The molecule has 0 aliphatic carbocycles. The molecule has 1 fully saturated rings. The van der Waals surface area contributed by atoms with Crippen molar-refractivity contribution in [3.63, 3.8) is 0 Å². The van der Waals surface area contributed by atoms with E-state index in [0.717, 1.165) is 12.8 Å². The third-order valence-electron chi connectivity index (χ3n) is 3.21. The summed E-state index contributed by atoms with van der Waals surface area (Å²) in [4.78, 5) is 34.9. The Hall–Kier alpha value is -1.59. The number of esters is 1. The number of hydrogen-bond acceptors (Lipinski definition) is 4. The second kappa shape index (κ2) is 9.34. The maximum absolute atomic E-state index is 11.5. The molecule has 20 heavy (non-hydrogen) atoms. The summed E-state index contributed by atoms with van der Waals surface area (Å²) in [5.74, 6) is -0.638. The van der Waals surface area contributed by atoms with Crippen molar-refractivity contribution in [1.29, 1.82) is 0 Å². The van der Waals surface area contributed by atoms with E-state index in [2.05, 4.69) is 12.2 Å². The Bertz CT molecular complexity index is 344. The predicted molar refractivity (Wildman–Crippen MR) is 74.1 cm³/mol. The highest BCUT2D eigenvalue weighted by atomic mass is 16.5. The number of nitrogens with zero attached hydrogens (tertiary/aromatic N) is 1. The normalized spacial score (nSPS) is 14.6. The van der Waals surface area contributed by atoms with Gasteiger partial charge in [0, 0.05) is 6.54 Å². The second-order valence-corrected chi connectivity index (χ2v) is 5.01. The quantitative estimate of drug-likeness (QED) is 0.377. The molecule has 0 saturated carbocycles. The lowest BCUT2D eigenvalue weighted by atomic mass is 10.1. The van der Waals surface area contributed by atoms with Gasteiger partial charge in [0.1, 0.15) is 6.54 Å². The van der Waals surface area contributed by atoms with E-state index in [4.69, 9.17) is 4.74 Å². The molecule has 0 spiro atoms. The Morgan fingerprint density at radius 1 is 1.20 bits per heavy atom. The molecule has 114 valence electrons. The molecule has 0 unspecified atom stereocenters. The van der Waals surface area contributed by atoms with Crippen molar-refractivity contribution in [3.8, 4) is 0 Å². The first-order valence-electron chi connectivity index (χ1n) is 7.38. The van der Waals surface area contributed by atoms with E-state index in [-0.39, 0.29) is 31.4 Å². The predicted octanol–water partition coefficient (Wildman–Crippen LogP) is 1.83. The van der Waals surface area contributed by atoms with Crippen LogP contribution in [0.5, 0.6) is 0 Å². The van der Waals surface area contributed by atoms with Crippen LogP contribution in [-0.2, 0) is 14.3 Å². The van der Waals surface area contributed by atoms with Crippen molar-refractivity contribution in [2.75, 3.05) is 19.7 Å². The minimum Gasteiger partial charge on any atom is -0.466 e. The third-order valence-corrected chi connectivity index (χ3v) is 3.21. The summed E-state index contributed by atoms with van der Waals surface area (Å²) in [6.45, 7) is 2.88. The number of unbranched alkanes of at least 4 members (excludes halogenated alkanes) is 5. The van der Waals surface area contributed by atoms with Crippen LogP contribution in [0.2, 0.25) is 0 Å². The van der Waals surface area contributed by atoms with Gasteiger partial charge in [-0.1, -0.05) is 39.0 Å². The smallest absolute Gasteiger partial charge is 0.324 e. The maximum Gasteiger partial charge on any atom is 0.324 e. The molecule has 0 aromatic carbocycles. The lowest BCUT2D eigenvalue weighted by Gasteiger charge is -2.12. The average molecular weight is 284 g/mol. The van der Waals surface area contributed by atoms with Crippen molar-refractivity contribution in [1.82, 2.24) is 10.2 Å². The zero-order chi connectivity index (χ0) is 14.8. The van der Waals surface area contributed by atoms with E-state index >= 15 is 0 Å². The molecule has 0 aromatic heterocycles. The van der Waals surface area contributed by atoms with Crippen LogP contribution in [-0.4, -0.2) is 42.5 Å². The summed E-state index contributed by atoms with van der Waals surface area (Å²) in [5.41, 5.74) is 0. The Morgan fingerprint density at radius 2 is 1.90 bits per heavy atom. The van der Waals surface area contributed by atoms with E-state index in [9.17, 15) is 14.4 Å². The van der Waals surface area contributed by atoms with Crippen LogP contribution in [0.25, 0.3) is 0 Å². The zero-order valence-electron chi connectivity index (χ0n) is 12.2. The Kier molecular flexibility index (Phi) is 7.69. The van der Waals surface area contributed by atoms with Gasteiger partial charge < -0.3 is 9.64 Å². The minimum absolute atomic E-state index is 0.0313. The van der Waals surface area contributed by atoms with Crippen LogP contribution in [0.3, 0.4) is 0 Å². The van der Waals surface area contributed by atoms with Gasteiger partial charge in [0.15, 0.2) is 0 Å². The first-order chi connectivity index (χ1) is 9.63. The van der Waals surface area contributed by atoms with Crippen molar-refractivity contribution < 1.29 is 19.1 Å². The monoisotopic (exact) mass is 284 g/mol. The number of ether oxygens (including phenoxy) is 1. The molecule has 1 rings (SSSR count). The van der Waals surface area contributed by atoms with Gasteiger partial charge in [-0.05, 0) is 6.42 Å². The Balaban J connectivity index is 1.98. The van der Waals surface area contributed by atoms with Gasteiger partial charge in [0.05, 0.1) is 13.0 Å². The third kappa shape index (κ3) is 6.54. The van der Waals surface area contributed by atoms with Gasteiger partial charge in [0.2, 0.25) is 5.91 Å². The van der Waals surface area contributed by atoms with Crippen LogP contribution in [0.1, 0.15) is 51.9 Å². The molecule has 1 heterocycles. The highest BCUT2D eigenvalue weighted by molar-refractivity contribution is 6.01. The van der Waals surface area contributed by atoms with Gasteiger partial charge in [-0.2, -0.15) is 0 Å². The fourth-order valence-corrected chi connectivity index (χ4v) is 2.03. The number of rotatable bonds is 10. The molecule has 3 amide bonds. The number of amides is 3. The summed E-state index contributed by atoms with van der Waals surface area (Å²) < 4.78 is 5.09. The molecule has 6 heteroatoms. The average Bonchev–Trinajstić information content (AvgIpc) is 2.73. The van der Waals surface area contributed by atoms with Gasteiger partial charge in [-0.15, -0.1) is 0 Å². The number of carbonyl (C=O) groups is 3. The van der Waals surface area contributed by atoms with Crippen LogP contribution in [0, 0.1) is 0 Å². The molecular weight excluding hydrogens is 260 g/mol. The molecule has 0 radical (unpaired) electrons.